The topological polar surface area (TPSA) is 96.8 Å². The molecule has 2 aromatic carbocycles. The lowest BCUT2D eigenvalue weighted by molar-refractivity contribution is -0.00709. The predicted molar refractivity (Wildman–Crippen MR) is 188 cm³/mol. The number of halogens is 2. The Hall–Kier alpha value is -3.51. The molecule has 270 valence electrons. The van der Waals surface area contributed by atoms with E-state index in [1.165, 1.54) is 6.07 Å². The highest BCUT2D eigenvalue weighted by Crippen LogP contribution is 2.52. The van der Waals surface area contributed by atoms with Gasteiger partial charge in [0.1, 0.15) is 17.7 Å². The van der Waals surface area contributed by atoms with Crippen molar-refractivity contribution >= 4 is 21.6 Å². The molecular weight excluding hydrogens is 661 g/mol. The van der Waals surface area contributed by atoms with Gasteiger partial charge in [0.05, 0.1) is 23.2 Å². The number of imidazole rings is 1. The summed E-state index contributed by atoms with van der Waals surface area (Å²) in [6.07, 6.45) is 9.36. The second kappa shape index (κ2) is 13.9. The zero-order valence-corrected chi connectivity index (χ0v) is 29.9. The van der Waals surface area contributed by atoms with Gasteiger partial charge in [-0.2, -0.15) is 0 Å². The molecule has 7 rings (SSSR count). The fraction of sp³-hybridized carbons (Fsp3) is 0.579. The number of nitrogens with one attached hydrogen (secondary N) is 1. The first-order valence-electron chi connectivity index (χ1n) is 18.2. The Morgan fingerprint density at radius 2 is 1.80 bits per heavy atom. The summed E-state index contributed by atoms with van der Waals surface area (Å²) < 4.78 is 64.7. The van der Waals surface area contributed by atoms with Crippen LogP contribution < -0.4 is 10.2 Å². The van der Waals surface area contributed by atoms with Gasteiger partial charge < -0.3 is 19.5 Å². The molecule has 1 aromatic heterocycles. The molecule has 2 saturated carbocycles. The van der Waals surface area contributed by atoms with E-state index in [0.717, 1.165) is 68.4 Å². The second-order valence-electron chi connectivity index (χ2n) is 14.9. The molecular formula is C38H49F2N5O4S. The minimum atomic E-state index is -3.26. The van der Waals surface area contributed by atoms with E-state index in [1.54, 1.807) is 43.4 Å². The summed E-state index contributed by atoms with van der Waals surface area (Å²) in [7, 11) is -1.69. The Balaban J connectivity index is 1.09. The van der Waals surface area contributed by atoms with Crippen LogP contribution in [0.2, 0.25) is 0 Å². The van der Waals surface area contributed by atoms with E-state index in [0.29, 0.717) is 31.1 Å². The largest absolute Gasteiger partial charge is 0.446 e. The molecule has 0 radical (unpaired) electrons. The van der Waals surface area contributed by atoms with Crippen LogP contribution in [0.4, 0.5) is 19.3 Å². The molecule has 2 saturated heterocycles. The molecule has 0 spiro atoms. The summed E-state index contributed by atoms with van der Waals surface area (Å²) in [5, 5.41) is 2.36. The van der Waals surface area contributed by atoms with Gasteiger partial charge in [-0.15, -0.1) is 0 Å². The quantitative estimate of drug-likeness (QED) is 0.249. The maximum Gasteiger partial charge on any atom is 0.407 e. The van der Waals surface area contributed by atoms with Crippen molar-refractivity contribution in [3.8, 4) is 0 Å². The maximum absolute atomic E-state index is 16.2. The Morgan fingerprint density at radius 3 is 2.46 bits per heavy atom. The Morgan fingerprint density at radius 1 is 1.06 bits per heavy atom. The number of hydrogen-bond acceptors (Lipinski definition) is 7. The first-order valence-corrected chi connectivity index (χ1v) is 19.7. The summed E-state index contributed by atoms with van der Waals surface area (Å²) in [5.74, 6) is 0.757. The molecule has 2 aliphatic heterocycles. The maximum atomic E-state index is 16.2. The number of amides is 1. The molecule has 3 aromatic rings. The number of alkyl halides is 1. The lowest BCUT2D eigenvalue weighted by Gasteiger charge is -2.52. The zero-order chi connectivity index (χ0) is 35.1. The van der Waals surface area contributed by atoms with E-state index in [9.17, 15) is 13.2 Å². The summed E-state index contributed by atoms with van der Waals surface area (Å²) in [5.41, 5.74) is -0.164. The number of aromatic nitrogens is 2. The molecule has 12 heteroatoms. The van der Waals surface area contributed by atoms with E-state index >= 15 is 8.78 Å². The molecule has 3 heterocycles. The number of ether oxygens (including phenoxy) is 1. The van der Waals surface area contributed by atoms with Gasteiger partial charge in [0.25, 0.3) is 0 Å². The number of benzene rings is 2. The van der Waals surface area contributed by atoms with Crippen LogP contribution in [0.15, 0.2) is 65.8 Å². The number of carbonyl (C=O) groups excluding carboxylic acids is 1. The monoisotopic (exact) mass is 709 g/mol. The minimum absolute atomic E-state index is 0.0383. The highest BCUT2D eigenvalue weighted by Gasteiger charge is 2.54. The number of anilines is 1. The normalized spacial score (nSPS) is 24.0. The van der Waals surface area contributed by atoms with Gasteiger partial charge in [-0.05, 0) is 106 Å². The van der Waals surface area contributed by atoms with Crippen molar-refractivity contribution in [3.05, 3.63) is 78.1 Å². The van der Waals surface area contributed by atoms with Gasteiger partial charge in [-0.1, -0.05) is 19.1 Å². The van der Waals surface area contributed by atoms with Gasteiger partial charge in [0, 0.05) is 56.0 Å². The van der Waals surface area contributed by atoms with Crippen molar-refractivity contribution in [1.82, 2.24) is 19.8 Å². The molecule has 4 fully saturated rings. The van der Waals surface area contributed by atoms with Crippen molar-refractivity contribution in [2.45, 2.75) is 92.2 Å². The molecule has 4 aliphatic rings. The van der Waals surface area contributed by atoms with Crippen LogP contribution in [0.25, 0.3) is 0 Å². The van der Waals surface area contributed by atoms with Crippen molar-refractivity contribution < 1.29 is 26.7 Å². The van der Waals surface area contributed by atoms with E-state index < -0.39 is 27.0 Å². The number of hydrogen-bond donors (Lipinski definition) is 1. The summed E-state index contributed by atoms with van der Waals surface area (Å²) in [4.78, 5) is 21.7. The Labute approximate surface area is 294 Å². The van der Waals surface area contributed by atoms with Crippen LogP contribution in [0.1, 0.15) is 63.3 Å². The first kappa shape index (κ1) is 34.9. The average molecular weight is 710 g/mol. The van der Waals surface area contributed by atoms with E-state index in [-0.39, 0.29) is 42.1 Å². The van der Waals surface area contributed by atoms with Gasteiger partial charge >= 0.3 is 6.09 Å². The van der Waals surface area contributed by atoms with E-state index in [1.807, 2.05) is 23.4 Å². The summed E-state index contributed by atoms with van der Waals surface area (Å²) >= 11 is 0. The van der Waals surface area contributed by atoms with Gasteiger partial charge in [-0.3, -0.25) is 4.90 Å². The van der Waals surface area contributed by atoms with Crippen molar-refractivity contribution in [2.75, 3.05) is 44.7 Å². The lowest BCUT2D eigenvalue weighted by atomic mass is 9.58. The number of aryl methyl sites for hydroxylation is 1. The Kier molecular flexibility index (Phi) is 9.71. The second-order valence-corrected chi connectivity index (χ2v) is 17.1. The molecule has 1 N–H and O–H groups in total. The number of carbonyl (C=O) groups is 1. The van der Waals surface area contributed by atoms with Gasteiger partial charge in [0.15, 0.2) is 15.5 Å². The molecule has 0 unspecified atom stereocenters. The van der Waals surface area contributed by atoms with Crippen LogP contribution in [-0.2, 0) is 33.0 Å². The summed E-state index contributed by atoms with van der Waals surface area (Å²) in [6, 6.07) is 13.8. The Bertz CT molecular complexity index is 1770. The third-order valence-electron chi connectivity index (χ3n) is 11.8. The predicted octanol–water partition coefficient (Wildman–Crippen LogP) is 5.92. The number of sulfone groups is 1. The standard InChI is InChI=1S/C38H49F2N5O4S/c1-3-35-42-18-21-44(35)26-38(28-6-4-7-29(39)22-28,33-8-5-9-34(33)49-36(46)41-2)27-16-19-43(20-17-27)23-37(40)24-45(25-37)30-10-12-31(13-11-30)50(47,48)32-14-15-32/h4,6-7,10-13,18,21-22,27,32-34H,3,5,8-9,14-17,19-20,23-26H2,1-2H3,(H,41,46)/t33-,34-,38-/m0/s1. The molecule has 2 aliphatic carbocycles. The molecule has 0 bridgehead atoms. The van der Waals surface area contributed by atoms with Gasteiger partial charge in [-0.25, -0.2) is 27.0 Å². The van der Waals surface area contributed by atoms with Crippen molar-refractivity contribution in [2.24, 2.45) is 11.8 Å². The third kappa shape index (κ3) is 6.77. The number of rotatable bonds is 12. The third-order valence-corrected chi connectivity index (χ3v) is 14.0. The van der Waals surface area contributed by atoms with Crippen molar-refractivity contribution in [1.29, 1.82) is 0 Å². The molecule has 1 amide bonds. The lowest BCUT2D eigenvalue weighted by Crippen LogP contribution is -2.64. The molecule has 9 nitrogen and oxygen atoms in total. The number of likely N-dealkylation sites (tertiary alicyclic amines) is 1. The molecule has 3 atom stereocenters. The summed E-state index contributed by atoms with van der Waals surface area (Å²) in [6.45, 7) is 4.93. The molecule has 50 heavy (non-hydrogen) atoms. The van der Waals surface area contributed by atoms with Crippen LogP contribution >= 0.6 is 0 Å². The smallest absolute Gasteiger partial charge is 0.407 e. The van der Waals surface area contributed by atoms with Crippen LogP contribution in [0, 0.1) is 17.7 Å². The van der Waals surface area contributed by atoms with Gasteiger partial charge in [0.2, 0.25) is 0 Å². The number of nitrogens with zero attached hydrogens (tertiary/aromatic N) is 4. The average Bonchev–Trinajstić information content (AvgIpc) is 3.73. The highest BCUT2D eigenvalue weighted by molar-refractivity contribution is 7.92. The van der Waals surface area contributed by atoms with Crippen LogP contribution in [0.3, 0.4) is 0 Å². The van der Waals surface area contributed by atoms with E-state index in [2.05, 4.69) is 26.7 Å². The number of piperidine rings is 1. The fourth-order valence-electron chi connectivity index (χ4n) is 9.15. The number of alkyl carbamates (subject to hydrolysis) is 1. The van der Waals surface area contributed by atoms with E-state index in [4.69, 9.17) is 4.74 Å². The highest BCUT2D eigenvalue weighted by atomic mass is 32.2. The first-order chi connectivity index (χ1) is 24.0. The van der Waals surface area contributed by atoms with Crippen molar-refractivity contribution in [3.63, 3.8) is 0 Å². The fourth-order valence-corrected chi connectivity index (χ4v) is 10.8. The SMILES string of the molecule is CCc1nccn1C[C@@](c1cccc(F)c1)(C1CCN(CC2(F)CN(c3ccc(S(=O)(=O)C4CC4)cc3)C2)CC1)[C@H]1CCC[C@@H]1OC(=O)NC. The van der Waals surface area contributed by atoms with Crippen LogP contribution in [0.5, 0.6) is 0 Å². The minimum Gasteiger partial charge on any atom is -0.446 e. The van der Waals surface area contributed by atoms with Crippen LogP contribution in [-0.4, -0.2) is 85.8 Å². The zero-order valence-electron chi connectivity index (χ0n) is 29.1.